The van der Waals surface area contributed by atoms with E-state index >= 15 is 0 Å². The van der Waals surface area contributed by atoms with Crippen molar-refractivity contribution >= 4 is 21.5 Å². The number of hydrogen-bond donors (Lipinski definition) is 0. The number of hydrogen-bond acceptors (Lipinski definition) is 2. The van der Waals surface area contributed by atoms with Gasteiger partial charge in [-0.2, -0.15) is 0 Å². The number of ether oxygens (including phenoxy) is 1. The molecule has 0 saturated heterocycles. The van der Waals surface area contributed by atoms with Crippen LogP contribution in [0.1, 0.15) is 5.56 Å². The summed E-state index contributed by atoms with van der Waals surface area (Å²) in [5, 5.41) is 3.40. The van der Waals surface area contributed by atoms with E-state index in [1.807, 2.05) is 55.5 Å². The zero-order chi connectivity index (χ0) is 13.4. The minimum Gasteiger partial charge on any atom is -0.497 e. The highest BCUT2D eigenvalue weighted by Gasteiger charge is 2.05. The van der Waals surface area contributed by atoms with Crippen LogP contribution in [0.15, 0.2) is 53.3 Å². The van der Waals surface area contributed by atoms with Crippen LogP contribution in [0.2, 0.25) is 0 Å². The zero-order valence-electron chi connectivity index (χ0n) is 10.9. The standard InChI is InChI=1S/C17H14O2/c1-11-4-3-5-12-6-7-13-10-14(19-2)8-9-15(13)17(18)16(11)12/h3-10H,1-2H3. The predicted molar refractivity (Wildman–Crippen MR) is 79.0 cm³/mol. The average Bonchev–Trinajstić information content (AvgIpc) is 2.57. The van der Waals surface area contributed by atoms with E-state index in [4.69, 9.17) is 4.74 Å². The van der Waals surface area contributed by atoms with Crippen molar-refractivity contribution in [3.05, 3.63) is 64.3 Å². The van der Waals surface area contributed by atoms with Crippen molar-refractivity contribution in [1.82, 2.24) is 0 Å². The van der Waals surface area contributed by atoms with E-state index in [9.17, 15) is 4.79 Å². The lowest BCUT2D eigenvalue weighted by molar-refractivity contribution is 0.415. The van der Waals surface area contributed by atoms with E-state index in [0.29, 0.717) is 0 Å². The maximum Gasteiger partial charge on any atom is 0.194 e. The normalized spacial score (nSPS) is 10.8. The maximum absolute atomic E-state index is 12.7. The Kier molecular flexibility index (Phi) is 2.71. The molecule has 3 rings (SSSR count). The molecular formula is C17H14O2. The van der Waals surface area contributed by atoms with E-state index < -0.39 is 0 Å². The molecule has 0 bridgehead atoms. The van der Waals surface area contributed by atoms with Crippen LogP contribution in [0, 0.1) is 6.92 Å². The molecule has 2 nitrogen and oxygen atoms in total. The third-order valence-corrected chi connectivity index (χ3v) is 3.48. The lowest BCUT2D eigenvalue weighted by atomic mass is 10.1. The van der Waals surface area contributed by atoms with Gasteiger partial charge in [0, 0.05) is 10.8 Å². The van der Waals surface area contributed by atoms with Gasteiger partial charge in [-0.3, -0.25) is 4.79 Å². The van der Waals surface area contributed by atoms with Crippen molar-refractivity contribution in [3.63, 3.8) is 0 Å². The smallest absolute Gasteiger partial charge is 0.194 e. The van der Waals surface area contributed by atoms with Crippen LogP contribution in [0.4, 0.5) is 0 Å². The highest BCUT2D eigenvalue weighted by atomic mass is 16.5. The SMILES string of the molecule is COc1ccc2c(=O)c3c(C)cccc3ccc2c1. The van der Waals surface area contributed by atoms with Gasteiger partial charge in [-0.15, -0.1) is 0 Å². The number of methoxy groups -OCH3 is 1. The van der Waals surface area contributed by atoms with Gasteiger partial charge < -0.3 is 4.74 Å². The maximum atomic E-state index is 12.7. The second-order valence-electron chi connectivity index (χ2n) is 4.65. The number of benzene rings is 2. The summed E-state index contributed by atoms with van der Waals surface area (Å²) < 4.78 is 5.21. The number of aryl methyl sites for hydroxylation is 1. The van der Waals surface area contributed by atoms with Gasteiger partial charge in [-0.25, -0.2) is 0 Å². The van der Waals surface area contributed by atoms with Crippen LogP contribution in [0.3, 0.4) is 0 Å². The Hall–Kier alpha value is -2.35. The zero-order valence-corrected chi connectivity index (χ0v) is 10.9. The summed E-state index contributed by atoms with van der Waals surface area (Å²) >= 11 is 0. The Morgan fingerprint density at radius 2 is 1.74 bits per heavy atom. The van der Waals surface area contributed by atoms with E-state index in [2.05, 4.69) is 0 Å². The summed E-state index contributed by atoms with van der Waals surface area (Å²) in [5.41, 5.74) is 1.09. The van der Waals surface area contributed by atoms with Crippen LogP contribution in [-0.4, -0.2) is 7.11 Å². The van der Waals surface area contributed by atoms with Gasteiger partial charge in [0.2, 0.25) is 0 Å². The topological polar surface area (TPSA) is 26.3 Å². The molecule has 0 aliphatic heterocycles. The molecule has 19 heavy (non-hydrogen) atoms. The van der Waals surface area contributed by atoms with Crippen LogP contribution in [0.25, 0.3) is 21.5 Å². The Balaban J connectivity index is 2.56. The molecule has 0 fully saturated rings. The molecule has 0 saturated carbocycles. The molecule has 94 valence electrons. The summed E-state index contributed by atoms with van der Waals surface area (Å²) in [6.45, 7) is 1.97. The van der Waals surface area contributed by atoms with E-state index in [1.54, 1.807) is 7.11 Å². The Labute approximate surface area is 111 Å². The summed E-state index contributed by atoms with van der Waals surface area (Å²) in [5.74, 6) is 0.763. The molecule has 0 aliphatic carbocycles. The van der Waals surface area contributed by atoms with E-state index in [-0.39, 0.29) is 5.43 Å². The molecule has 0 aromatic heterocycles. The predicted octanol–water partition coefficient (Wildman–Crippen LogP) is 3.67. The van der Waals surface area contributed by atoms with Crippen LogP contribution in [0.5, 0.6) is 5.75 Å². The fourth-order valence-corrected chi connectivity index (χ4v) is 2.47. The molecule has 0 unspecified atom stereocenters. The lowest BCUT2D eigenvalue weighted by Gasteiger charge is -1.99. The molecule has 0 heterocycles. The molecule has 0 atom stereocenters. The third-order valence-electron chi connectivity index (χ3n) is 3.48. The molecule has 0 aliphatic rings. The summed E-state index contributed by atoms with van der Waals surface area (Å²) in [6.07, 6.45) is 0. The first-order valence-corrected chi connectivity index (χ1v) is 6.21. The van der Waals surface area contributed by atoms with Gasteiger partial charge in [0.15, 0.2) is 5.43 Å². The van der Waals surface area contributed by atoms with Gasteiger partial charge in [0.05, 0.1) is 7.11 Å². The van der Waals surface area contributed by atoms with Crippen LogP contribution >= 0.6 is 0 Å². The molecule has 0 spiro atoms. The fourth-order valence-electron chi connectivity index (χ4n) is 2.47. The number of fused-ring (bicyclic) bond motifs is 2. The van der Waals surface area contributed by atoms with Gasteiger partial charge in [-0.1, -0.05) is 30.3 Å². The second kappa shape index (κ2) is 4.39. The monoisotopic (exact) mass is 250 g/mol. The summed E-state index contributed by atoms with van der Waals surface area (Å²) in [4.78, 5) is 12.7. The first-order chi connectivity index (χ1) is 9.20. The minimum atomic E-state index is 0.0794. The van der Waals surface area contributed by atoms with Crippen LogP contribution < -0.4 is 10.2 Å². The highest BCUT2D eigenvalue weighted by Crippen LogP contribution is 2.21. The minimum absolute atomic E-state index is 0.0794. The lowest BCUT2D eigenvalue weighted by Crippen LogP contribution is -2.00. The van der Waals surface area contributed by atoms with Crippen molar-refractivity contribution in [2.24, 2.45) is 0 Å². The van der Waals surface area contributed by atoms with Gasteiger partial charge in [0.25, 0.3) is 0 Å². The average molecular weight is 250 g/mol. The molecular weight excluding hydrogens is 236 g/mol. The summed E-state index contributed by atoms with van der Waals surface area (Å²) in [7, 11) is 1.63. The first kappa shape index (κ1) is 11.7. The summed E-state index contributed by atoms with van der Waals surface area (Å²) in [6, 6.07) is 15.4. The van der Waals surface area contributed by atoms with Gasteiger partial charge >= 0.3 is 0 Å². The molecule has 3 aromatic carbocycles. The third kappa shape index (κ3) is 1.85. The Morgan fingerprint density at radius 1 is 0.947 bits per heavy atom. The highest BCUT2D eigenvalue weighted by molar-refractivity contribution is 5.95. The van der Waals surface area contributed by atoms with Crippen molar-refractivity contribution in [2.45, 2.75) is 6.92 Å². The Morgan fingerprint density at radius 3 is 2.53 bits per heavy atom. The van der Waals surface area contributed by atoms with Crippen LogP contribution in [-0.2, 0) is 0 Å². The second-order valence-corrected chi connectivity index (χ2v) is 4.65. The Bertz CT molecular complexity index is 835. The first-order valence-electron chi connectivity index (χ1n) is 6.21. The quantitative estimate of drug-likeness (QED) is 0.658. The molecule has 0 N–H and O–H groups in total. The fraction of sp³-hybridized carbons (Fsp3) is 0.118. The van der Waals surface area contributed by atoms with Crippen molar-refractivity contribution in [2.75, 3.05) is 7.11 Å². The van der Waals surface area contributed by atoms with Crippen molar-refractivity contribution in [3.8, 4) is 5.75 Å². The molecule has 0 amide bonds. The van der Waals surface area contributed by atoms with Crippen molar-refractivity contribution < 1.29 is 4.74 Å². The van der Waals surface area contributed by atoms with E-state index in [1.165, 1.54) is 0 Å². The van der Waals surface area contributed by atoms with E-state index in [0.717, 1.165) is 32.9 Å². The largest absolute Gasteiger partial charge is 0.497 e. The number of rotatable bonds is 1. The van der Waals surface area contributed by atoms with Gasteiger partial charge in [-0.05, 0) is 41.5 Å². The molecule has 2 heteroatoms. The molecule has 3 aromatic rings. The molecule has 0 radical (unpaired) electrons. The van der Waals surface area contributed by atoms with Gasteiger partial charge in [0.1, 0.15) is 5.75 Å². The van der Waals surface area contributed by atoms with Crippen molar-refractivity contribution in [1.29, 1.82) is 0 Å².